The summed E-state index contributed by atoms with van der Waals surface area (Å²) in [4.78, 5) is 12.4. The van der Waals surface area contributed by atoms with Gasteiger partial charge < -0.3 is 5.32 Å². The van der Waals surface area contributed by atoms with Crippen LogP contribution in [0.5, 0.6) is 0 Å². The predicted molar refractivity (Wildman–Crippen MR) is 84.1 cm³/mol. The number of carbonyl (C=O) groups excluding carboxylic acids is 1. The van der Waals surface area contributed by atoms with Crippen molar-refractivity contribution in [2.75, 3.05) is 5.32 Å². The van der Waals surface area contributed by atoms with Crippen LogP contribution < -0.4 is 5.32 Å². The Bertz CT molecular complexity index is 682. The molecule has 112 valence electrons. The molecule has 0 saturated heterocycles. The molecule has 1 heterocycles. The minimum absolute atomic E-state index is 0.283. The summed E-state index contributed by atoms with van der Waals surface area (Å²) in [5.74, 6) is -0.692. The lowest BCUT2D eigenvalue weighted by Crippen LogP contribution is -2.18. The molecule has 4 nitrogen and oxygen atoms in total. The summed E-state index contributed by atoms with van der Waals surface area (Å²) in [5, 5.41) is 7.08. The van der Waals surface area contributed by atoms with Crippen molar-refractivity contribution < 1.29 is 9.18 Å². The first-order valence-corrected chi connectivity index (χ1v) is 7.59. The van der Waals surface area contributed by atoms with Gasteiger partial charge >= 0.3 is 0 Å². The maximum atomic E-state index is 13.6. The highest BCUT2D eigenvalue weighted by Crippen LogP contribution is 2.24. The summed E-state index contributed by atoms with van der Waals surface area (Å²) in [5.41, 5.74) is 2.59. The smallest absolute Gasteiger partial charge is 0.273 e. The Balaban J connectivity index is 2.30. The van der Waals surface area contributed by atoms with Gasteiger partial charge in [-0.15, -0.1) is 0 Å². The topological polar surface area (TPSA) is 46.9 Å². The van der Waals surface area contributed by atoms with Gasteiger partial charge in [0.25, 0.3) is 5.91 Å². The summed E-state index contributed by atoms with van der Waals surface area (Å²) < 4.78 is 15.6. The van der Waals surface area contributed by atoms with Gasteiger partial charge in [0, 0.05) is 12.2 Å². The van der Waals surface area contributed by atoms with Gasteiger partial charge in [0.1, 0.15) is 11.5 Å². The molecule has 0 radical (unpaired) electrons. The largest absolute Gasteiger partial charge is 0.320 e. The van der Waals surface area contributed by atoms with Gasteiger partial charge in [0.05, 0.1) is 10.2 Å². The van der Waals surface area contributed by atoms with Crippen molar-refractivity contribution in [2.45, 2.75) is 33.7 Å². The predicted octanol–water partition coefficient (Wildman–Crippen LogP) is 3.93. The average Bonchev–Trinajstić information content (AvgIpc) is 2.88. The van der Waals surface area contributed by atoms with Crippen LogP contribution in [0, 0.1) is 12.7 Å². The lowest BCUT2D eigenvalue weighted by Gasteiger charge is -2.10. The van der Waals surface area contributed by atoms with Crippen LogP contribution in [0.4, 0.5) is 10.1 Å². The molecule has 6 heteroatoms. The number of anilines is 1. The highest BCUT2D eigenvalue weighted by Gasteiger charge is 2.16. The molecule has 21 heavy (non-hydrogen) atoms. The number of halogens is 2. The van der Waals surface area contributed by atoms with Crippen molar-refractivity contribution in [1.29, 1.82) is 0 Å². The summed E-state index contributed by atoms with van der Waals surface area (Å²) in [7, 11) is 0. The van der Waals surface area contributed by atoms with E-state index in [1.165, 1.54) is 6.07 Å². The van der Waals surface area contributed by atoms with Gasteiger partial charge in [-0.3, -0.25) is 9.48 Å². The monoisotopic (exact) mass is 353 g/mol. The SMILES string of the molecule is CCc1cc(C(=O)Nc2cc(F)c(Br)cc2C)n(CC)n1. The molecule has 0 aliphatic carbocycles. The number of nitrogens with one attached hydrogen (secondary N) is 1. The van der Waals surface area contributed by atoms with Gasteiger partial charge in [-0.05, 0) is 60.0 Å². The highest BCUT2D eigenvalue weighted by molar-refractivity contribution is 9.10. The third-order valence-electron chi connectivity index (χ3n) is 3.24. The Kier molecular flexibility index (Phi) is 4.77. The summed E-state index contributed by atoms with van der Waals surface area (Å²) in [6, 6.07) is 4.72. The minimum Gasteiger partial charge on any atom is -0.320 e. The van der Waals surface area contributed by atoms with Crippen molar-refractivity contribution in [3.8, 4) is 0 Å². The van der Waals surface area contributed by atoms with Crippen molar-refractivity contribution in [3.05, 3.63) is 45.4 Å². The van der Waals surface area contributed by atoms with Crippen LogP contribution in [0.25, 0.3) is 0 Å². The van der Waals surface area contributed by atoms with Crippen LogP contribution in [0.15, 0.2) is 22.7 Å². The zero-order chi connectivity index (χ0) is 15.6. The van der Waals surface area contributed by atoms with Crippen LogP contribution in [-0.2, 0) is 13.0 Å². The van der Waals surface area contributed by atoms with E-state index in [2.05, 4.69) is 26.3 Å². The lowest BCUT2D eigenvalue weighted by molar-refractivity contribution is 0.101. The molecule has 0 atom stereocenters. The molecule has 0 spiro atoms. The number of hydrogen-bond acceptors (Lipinski definition) is 2. The van der Waals surface area contributed by atoms with E-state index in [-0.39, 0.29) is 5.91 Å². The second-order valence-electron chi connectivity index (χ2n) is 4.73. The third kappa shape index (κ3) is 3.32. The van der Waals surface area contributed by atoms with Crippen LogP contribution in [0.2, 0.25) is 0 Å². The number of amides is 1. The quantitative estimate of drug-likeness (QED) is 0.905. The second kappa shape index (κ2) is 6.39. The Morgan fingerprint density at radius 3 is 2.71 bits per heavy atom. The highest BCUT2D eigenvalue weighted by atomic mass is 79.9. The zero-order valence-corrected chi connectivity index (χ0v) is 13.8. The molecular formula is C15H17BrFN3O. The minimum atomic E-state index is -0.408. The molecule has 0 aliphatic rings. The standard InChI is InChI=1S/C15H17BrFN3O/c1-4-10-7-14(20(5-2)19-10)15(21)18-13-8-12(17)11(16)6-9(13)3/h6-8H,4-5H2,1-3H3,(H,18,21). The van der Waals surface area contributed by atoms with E-state index in [4.69, 9.17) is 0 Å². The van der Waals surface area contributed by atoms with E-state index < -0.39 is 5.82 Å². The molecule has 0 fully saturated rings. The maximum absolute atomic E-state index is 13.6. The Morgan fingerprint density at radius 1 is 1.38 bits per heavy atom. The first-order chi connectivity index (χ1) is 9.96. The Labute approximate surface area is 131 Å². The van der Waals surface area contributed by atoms with Crippen LogP contribution in [0.1, 0.15) is 35.6 Å². The van der Waals surface area contributed by atoms with Crippen LogP contribution in [0.3, 0.4) is 0 Å². The molecule has 1 aromatic heterocycles. The summed E-state index contributed by atoms with van der Waals surface area (Å²) in [6.45, 7) is 6.33. The Morgan fingerprint density at radius 2 is 2.10 bits per heavy atom. The number of nitrogens with zero attached hydrogens (tertiary/aromatic N) is 2. The van der Waals surface area contributed by atoms with Crippen molar-refractivity contribution in [1.82, 2.24) is 9.78 Å². The molecule has 1 N–H and O–H groups in total. The van der Waals surface area contributed by atoms with E-state index in [1.54, 1.807) is 16.8 Å². The van der Waals surface area contributed by atoms with E-state index in [0.29, 0.717) is 22.4 Å². The zero-order valence-electron chi connectivity index (χ0n) is 12.2. The second-order valence-corrected chi connectivity index (χ2v) is 5.58. The molecule has 2 rings (SSSR count). The lowest BCUT2D eigenvalue weighted by atomic mass is 10.2. The van der Waals surface area contributed by atoms with E-state index >= 15 is 0 Å². The maximum Gasteiger partial charge on any atom is 0.273 e. The normalized spacial score (nSPS) is 10.7. The van der Waals surface area contributed by atoms with E-state index in [9.17, 15) is 9.18 Å². The van der Waals surface area contributed by atoms with E-state index in [1.807, 2.05) is 20.8 Å². The fourth-order valence-electron chi connectivity index (χ4n) is 2.03. The fraction of sp³-hybridized carbons (Fsp3) is 0.333. The van der Waals surface area contributed by atoms with Gasteiger partial charge in [0.2, 0.25) is 0 Å². The fourth-order valence-corrected chi connectivity index (χ4v) is 2.49. The van der Waals surface area contributed by atoms with E-state index in [0.717, 1.165) is 17.7 Å². The molecular weight excluding hydrogens is 337 g/mol. The number of aryl methyl sites for hydroxylation is 3. The van der Waals surface area contributed by atoms with Gasteiger partial charge in [-0.25, -0.2) is 4.39 Å². The van der Waals surface area contributed by atoms with Gasteiger partial charge in [0.15, 0.2) is 0 Å². The summed E-state index contributed by atoms with van der Waals surface area (Å²) in [6.07, 6.45) is 0.763. The average molecular weight is 354 g/mol. The number of rotatable bonds is 4. The number of aromatic nitrogens is 2. The third-order valence-corrected chi connectivity index (χ3v) is 3.85. The molecule has 1 aromatic carbocycles. The number of benzene rings is 1. The first-order valence-electron chi connectivity index (χ1n) is 6.80. The van der Waals surface area contributed by atoms with Gasteiger partial charge in [-0.1, -0.05) is 6.92 Å². The number of carbonyl (C=O) groups is 1. The molecule has 0 aliphatic heterocycles. The van der Waals surface area contributed by atoms with Crippen molar-refractivity contribution >= 4 is 27.5 Å². The Hall–Kier alpha value is -1.69. The van der Waals surface area contributed by atoms with Crippen molar-refractivity contribution in [3.63, 3.8) is 0 Å². The van der Waals surface area contributed by atoms with Crippen LogP contribution >= 0.6 is 15.9 Å². The van der Waals surface area contributed by atoms with Crippen LogP contribution in [-0.4, -0.2) is 15.7 Å². The molecule has 0 unspecified atom stereocenters. The molecule has 2 aromatic rings. The molecule has 0 bridgehead atoms. The molecule has 1 amide bonds. The number of hydrogen-bond donors (Lipinski definition) is 1. The van der Waals surface area contributed by atoms with Crippen molar-refractivity contribution in [2.24, 2.45) is 0 Å². The molecule has 0 saturated carbocycles. The summed E-state index contributed by atoms with van der Waals surface area (Å²) >= 11 is 3.12. The first kappa shape index (κ1) is 15.7. The van der Waals surface area contributed by atoms with Gasteiger partial charge in [-0.2, -0.15) is 5.10 Å².